The number of nitrogens with zero attached hydrogens (tertiary/aromatic N) is 2. The minimum absolute atomic E-state index is 0.326. The first-order chi connectivity index (χ1) is 15.1. The van der Waals surface area contributed by atoms with Gasteiger partial charge in [-0.1, -0.05) is 23.7 Å². The predicted molar refractivity (Wildman–Crippen MR) is 114 cm³/mol. The lowest BCUT2D eigenvalue weighted by Gasteiger charge is -2.10. The lowest BCUT2D eigenvalue weighted by atomic mass is 10.1. The zero-order valence-electron chi connectivity index (χ0n) is 17.4. The van der Waals surface area contributed by atoms with Crippen LogP contribution in [0.2, 0.25) is 5.02 Å². The highest BCUT2D eigenvalue weighted by atomic mass is 35.5. The molecule has 0 aliphatic carbocycles. The number of rotatable bonds is 8. The summed E-state index contributed by atoms with van der Waals surface area (Å²) < 4.78 is 47.8. The number of carbonyl (C=O) groups excluding carboxylic acids is 1. The molecule has 32 heavy (non-hydrogen) atoms. The Morgan fingerprint density at radius 3 is 2.44 bits per heavy atom. The van der Waals surface area contributed by atoms with Crippen LogP contribution in [0.25, 0.3) is 0 Å². The van der Waals surface area contributed by atoms with Crippen molar-refractivity contribution in [3.05, 3.63) is 76.1 Å². The average molecular weight is 468 g/mol. The number of aryl methyl sites for hydroxylation is 2. The molecule has 0 saturated heterocycles. The molecule has 2 aromatic carbocycles. The molecule has 6 nitrogen and oxygen atoms in total. The Kier molecular flexibility index (Phi) is 7.42. The number of nitrogens with one attached hydrogen (secondary N) is 1. The third-order valence-corrected chi connectivity index (χ3v) is 5.01. The van der Waals surface area contributed by atoms with Crippen LogP contribution >= 0.6 is 11.6 Å². The van der Waals surface area contributed by atoms with E-state index in [0.29, 0.717) is 28.6 Å². The average Bonchev–Trinajstić information content (AvgIpc) is 3.16. The van der Waals surface area contributed by atoms with E-state index in [-0.39, 0.29) is 12.6 Å². The minimum atomic E-state index is -4.41. The number of ether oxygens (including phenoxy) is 2. The number of aromatic nitrogens is 2. The molecule has 0 atom stereocenters. The third kappa shape index (κ3) is 6.73. The molecule has 1 N–H and O–H groups in total. The van der Waals surface area contributed by atoms with Gasteiger partial charge in [-0.15, -0.1) is 0 Å². The van der Waals surface area contributed by atoms with Gasteiger partial charge >= 0.3 is 6.18 Å². The lowest BCUT2D eigenvalue weighted by Crippen LogP contribution is -2.18. The first-order valence-corrected chi connectivity index (χ1v) is 9.95. The van der Waals surface area contributed by atoms with Gasteiger partial charge in [0.05, 0.1) is 18.1 Å². The number of benzene rings is 2. The molecule has 0 aliphatic heterocycles. The summed E-state index contributed by atoms with van der Waals surface area (Å²) in [6.07, 6.45) is -1.70. The Balaban J connectivity index is 1.52. The summed E-state index contributed by atoms with van der Waals surface area (Å²) in [5.74, 6) is 0.333. The molecule has 3 rings (SSSR count). The molecule has 0 unspecified atom stereocenters. The molecular weight excluding hydrogens is 447 g/mol. The topological polar surface area (TPSA) is 65.4 Å². The second-order valence-corrected chi connectivity index (χ2v) is 7.55. The quantitative estimate of drug-likeness (QED) is 0.473. The monoisotopic (exact) mass is 467 g/mol. The smallest absolute Gasteiger partial charge is 0.411 e. The number of alkyl halides is 3. The van der Waals surface area contributed by atoms with Crippen molar-refractivity contribution in [2.24, 2.45) is 0 Å². The maximum atomic E-state index is 12.4. The largest absolute Gasteiger partial charge is 0.489 e. The fourth-order valence-electron chi connectivity index (χ4n) is 2.87. The number of amides is 1. The highest BCUT2D eigenvalue weighted by Gasteiger charge is 2.27. The first-order valence-electron chi connectivity index (χ1n) is 9.57. The first kappa shape index (κ1) is 23.6. The van der Waals surface area contributed by atoms with Gasteiger partial charge in [-0.3, -0.25) is 4.79 Å². The number of carbonyl (C=O) groups is 1. The Morgan fingerprint density at radius 2 is 1.81 bits per heavy atom. The maximum absolute atomic E-state index is 12.4. The van der Waals surface area contributed by atoms with Gasteiger partial charge in [-0.25, -0.2) is 4.68 Å². The molecule has 0 spiro atoms. The molecule has 1 heterocycles. The van der Waals surface area contributed by atoms with Crippen molar-refractivity contribution < 1.29 is 27.4 Å². The highest BCUT2D eigenvalue weighted by molar-refractivity contribution is 6.32. The summed E-state index contributed by atoms with van der Waals surface area (Å²) in [6, 6.07) is 10.6. The molecule has 0 bridgehead atoms. The van der Waals surface area contributed by atoms with E-state index in [1.54, 1.807) is 24.3 Å². The van der Waals surface area contributed by atoms with E-state index < -0.39 is 12.8 Å². The fraction of sp³-hybridized carbons (Fsp3) is 0.273. The molecule has 3 aromatic rings. The van der Waals surface area contributed by atoms with E-state index in [9.17, 15) is 18.0 Å². The van der Waals surface area contributed by atoms with Crippen LogP contribution in [0.3, 0.4) is 0 Å². The van der Waals surface area contributed by atoms with Crippen molar-refractivity contribution in [2.45, 2.75) is 33.4 Å². The molecule has 170 valence electrons. The van der Waals surface area contributed by atoms with E-state index >= 15 is 0 Å². The van der Waals surface area contributed by atoms with E-state index in [2.05, 4.69) is 15.2 Å². The van der Waals surface area contributed by atoms with Crippen LogP contribution in [0.5, 0.6) is 5.75 Å². The number of hydrogen-bond acceptors (Lipinski definition) is 4. The summed E-state index contributed by atoms with van der Waals surface area (Å²) in [7, 11) is 0. The third-order valence-electron chi connectivity index (χ3n) is 4.41. The van der Waals surface area contributed by atoms with E-state index in [1.807, 2.05) is 26.0 Å². The Morgan fingerprint density at radius 1 is 1.16 bits per heavy atom. The summed E-state index contributed by atoms with van der Waals surface area (Å²) >= 11 is 6.17. The molecule has 0 aliphatic rings. The standard InChI is InChI=1S/C22H21ClF3N3O3/c1-14-7-19(8-15(2)20(14)23)32-11-16-3-5-17(6-4-16)21(30)28-18-9-27-29(10-18)13-31-12-22(24,25)26/h3-10H,11-13H2,1-2H3,(H,28,30). The van der Waals surface area contributed by atoms with Crippen molar-refractivity contribution in [2.75, 3.05) is 11.9 Å². The van der Waals surface area contributed by atoms with Gasteiger partial charge in [0.2, 0.25) is 0 Å². The fourth-order valence-corrected chi connectivity index (χ4v) is 2.97. The molecular formula is C22H21ClF3N3O3. The predicted octanol–water partition coefficient (Wildman–Crippen LogP) is 5.52. The molecule has 0 saturated carbocycles. The van der Waals surface area contributed by atoms with Gasteiger partial charge in [-0.05, 0) is 54.8 Å². The van der Waals surface area contributed by atoms with Gasteiger partial charge < -0.3 is 14.8 Å². The van der Waals surface area contributed by atoms with Gasteiger partial charge in [0.25, 0.3) is 5.91 Å². The van der Waals surface area contributed by atoms with Crippen molar-refractivity contribution in [1.29, 1.82) is 0 Å². The van der Waals surface area contributed by atoms with Crippen LogP contribution in [0.15, 0.2) is 48.8 Å². The van der Waals surface area contributed by atoms with Gasteiger partial charge in [0, 0.05) is 10.6 Å². The minimum Gasteiger partial charge on any atom is -0.489 e. The van der Waals surface area contributed by atoms with Crippen LogP contribution in [0.1, 0.15) is 27.0 Å². The SMILES string of the molecule is Cc1cc(OCc2ccc(C(=O)Nc3cnn(COCC(F)(F)F)c3)cc2)cc(C)c1Cl. The normalized spacial score (nSPS) is 11.4. The summed E-state index contributed by atoms with van der Waals surface area (Å²) in [5.41, 5.74) is 3.49. The van der Waals surface area contributed by atoms with Crippen molar-refractivity contribution in [3.8, 4) is 5.75 Å². The molecule has 10 heteroatoms. The lowest BCUT2D eigenvalue weighted by molar-refractivity contribution is -0.182. The van der Waals surface area contributed by atoms with E-state index in [0.717, 1.165) is 21.4 Å². The van der Waals surface area contributed by atoms with Crippen molar-refractivity contribution in [1.82, 2.24) is 9.78 Å². The van der Waals surface area contributed by atoms with Crippen LogP contribution in [-0.4, -0.2) is 28.5 Å². The van der Waals surface area contributed by atoms with Crippen molar-refractivity contribution in [3.63, 3.8) is 0 Å². The number of hydrogen-bond donors (Lipinski definition) is 1. The molecule has 1 aromatic heterocycles. The maximum Gasteiger partial charge on any atom is 0.411 e. The zero-order chi connectivity index (χ0) is 23.3. The van der Waals surface area contributed by atoms with Crippen LogP contribution < -0.4 is 10.1 Å². The highest BCUT2D eigenvalue weighted by Crippen LogP contribution is 2.26. The molecule has 0 fully saturated rings. The summed E-state index contributed by atoms with van der Waals surface area (Å²) in [4.78, 5) is 12.4. The second kappa shape index (κ2) is 10.1. The van der Waals surface area contributed by atoms with E-state index in [1.165, 1.54) is 12.4 Å². The summed E-state index contributed by atoms with van der Waals surface area (Å²) in [6.45, 7) is 2.40. The zero-order valence-corrected chi connectivity index (χ0v) is 18.1. The Labute approximate surface area is 187 Å². The van der Waals surface area contributed by atoms with Gasteiger partial charge in [0.15, 0.2) is 0 Å². The summed E-state index contributed by atoms with van der Waals surface area (Å²) in [5, 5.41) is 7.20. The van der Waals surface area contributed by atoms with Gasteiger partial charge in [-0.2, -0.15) is 18.3 Å². The van der Waals surface area contributed by atoms with Crippen LogP contribution in [-0.2, 0) is 18.1 Å². The van der Waals surface area contributed by atoms with E-state index in [4.69, 9.17) is 16.3 Å². The number of halogens is 4. The Bertz CT molecular complexity index is 1060. The van der Waals surface area contributed by atoms with Crippen molar-refractivity contribution >= 4 is 23.2 Å². The van der Waals surface area contributed by atoms with Crippen LogP contribution in [0.4, 0.5) is 18.9 Å². The van der Waals surface area contributed by atoms with Crippen LogP contribution in [0, 0.1) is 13.8 Å². The Hall–Kier alpha value is -3.04. The van der Waals surface area contributed by atoms with Gasteiger partial charge in [0.1, 0.15) is 25.7 Å². The second-order valence-electron chi connectivity index (χ2n) is 7.17. The number of anilines is 1. The molecule has 0 radical (unpaired) electrons. The molecule has 1 amide bonds.